The number of aryl methyl sites for hydroxylation is 1. The van der Waals surface area contributed by atoms with Crippen LogP contribution in [-0.2, 0) is 23.2 Å². The van der Waals surface area contributed by atoms with E-state index in [1.807, 2.05) is 13.8 Å². The number of hydrogen-bond acceptors (Lipinski definition) is 5. The van der Waals surface area contributed by atoms with Gasteiger partial charge in [-0.05, 0) is 31.4 Å². The van der Waals surface area contributed by atoms with Gasteiger partial charge in [0, 0.05) is 0 Å². The van der Waals surface area contributed by atoms with Crippen molar-refractivity contribution in [1.29, 1.82) is 0 Å². The number of nitrogens with zero attached hydrogens (tertiary/aromatic N) is 5. The van der Waals surface area contributed by atoms with Crippen molar-refractivity contribution in [2.24, 2.45) is 13.0 Å². The van der Waals surface area contributed by atoms with Crippen LogP contribution in [0.3, 0.4) is 0 Å². The number of amides is 2. The maximum absolute atomic E-state index is 12.7. The van der Waals surface area contributed by atoms with Gasteiger partial charge in [0.1, 0.15) is 11.6 Å². The van der Waals surface area contributed by atoms with Crippen molar-refractivity contribution >= 4 is 11.8 Å². The van der Waals surface area contributed by atoms with Crippen LogP contribution in [0.2, 0.25) is 0 Å². The number of piperazine rings is 1. The van der Waals surface area contributed by atoms with Crippen LogP contribution in [0.4, 0.5) is 0 Å². The Morgan fingerprint density at radius 1 is 1.33 bits per heavy atom. The summed E-state index contributed by atoms with van der Waals surface area (Å²) in [6, 6.07) is -0.484. The van der Waals surface area contributed by atoms with E-state index in [0.717, 1.165) is 0 Å². The monoisotopic (exact) mass is 294 g/mol. The lowest BCUT2D eigenvalue weighted by Gasteiger charge is -2.44. The van der Waals surface area contributed by atoms with Crippen molar-refractivity contribution in [2.75, 3.05) is 0 Å². The van der Waals surface area contributed by atoms with E-state index in [1.165, 1.54) is 9.70 Å². The van der Waals surface area contributed by atoms with Gasteiger partial charge in [0.05, 0.1) is 13.6 Å². The molecule has 116 valence electrons. The van der Waals surface area contributed by atoms with Crippen LogP contribution < -0.4 is 5.32 Å². The molecule has 1 saturated heterocycles. The molecule has 2 rings (SSSR count). The predicted octanol–water partition coefficient (Wildman–Crippen LogP) is -0.138. The minimum Gasteiger partial charge on any atom is -0.342 e. The van der Waals surface area contributed by atoms with Gasteiger partial charge in [-0.25, -0.2) is 0 Å². The van der Waals surface area contributed by atoms with Gasteiger partial charge in [0.25, 0.3) is 0 Å². The summed E-state index contributed by atoms with van der Waals surface area (Å²) in [6.45, 7) is 7.67. The first-order valence-corrected chi connectivity index (χ1v) is 7.07. The molecule has 1 atom stereocenters. The average Bonchev–Trinajstić information content (AvgIpc) is 2.77. The molecule has 0 saturated carbocycles. The van der Waals surface area contributed by atoms with Gasteiger partial charge in [-0.1, -0.05) is 13.8 Å². The van der Waals surface area contributed by atoms with Crippen LogP contribution in [0.1, 0.15) is 39.9 Å². The van der Waals surface area contributed by atoms with Gasteiger partial charge in [-0.15, -0.1) is 10.2 Å². The maximum Gasteiger partial charge on any atom is 0.246 e. The van der Waals surface area contributed by atoms with Gasteiger partial charge < -0.3 is 10.2 Å². The van der Waals surface area contributed by atoms with Gasteiger partial charge >= 0.3 is 0 Å². The molecule has 21 heavy (non-hydrogen) atoms. The van der Waals surface area contributed by atoms with Crippen LogP contribution in [0.15, 0.2) is 0 Å². The van der Waals surface area contributed by atoms with E-state index in [1.54, 1.807) is 20.9 Å². The largest absolute Gasteiger partial charge is 0.342 e. The van der Waals surface area contributed by atoms with E-state index in [0.29, 0.717) is 18.2 Å². The molecule has 0 radical (unpaired) electrons. The molecular weight excluding hydrogens is 272 g/mol. The third-order valence-corrected chi connectivity index (χ3v) is 3.66. The Morgan fingerprint density at radius 2 is 2.00 bits per heavy atom. The smallest absolute Gasteiger partial charge is 0.246 e. The Kier molecular flexibility index (Phi) is 3.97. The molecule has 1 N–H and O–H groups in total. The topological polar surface area (TPSA) is 93.0 Å². The lowest BCUT2D eigenvalue weighted by Crippen LogP contribution is -2.68. The summed E-state index contributed by atoms with van der Waals surface area (Å²) in [7, 11) is 1.66. The number of carbonyl (C=O) groups excluding carboxylic acids is 2. The molecule has 2 amide bonds. The van der Waals surface area contributed by atoms with Crippen LogP contribution in [0, 0.1) is 5.92 Å². The summed E-state index contributed by atoms with van der Waals surface area (Å²) in [5.74, 6) is 0.492. The third kappa shape index (κ3) is 3.03. The van der Waals surface area contributed by atoms with Crippen molar-refractivity contribution < 1.29 is 9.59 Å². The van der Waals surface area contributed by atoms with Crippen molar-refractivity contribution in [3.8, 4) is 0 Å². The van der Waals surface area contributed by atoms with E-state index < -0.39 is 11.6 Å². The number of nitrogens with one attached hydrogen (secondary N) is 1. The van der Waals surface area contributed by atoms with E-state index in [4.69, 9.17) is 0 Å². The van der Waals surface area contributed by atoms with Crippen LogP contribution in [0.5, 0.6) is 0 Å². The van der Waals surface area contributed by atoms with Gasteiger partial charge in [0.15, 0.2) is 5.82 Å². The lowest BCUT2D eigenvalue weighted by atomic mass is 9.92. The molecular formula is C13H22N6O2. The molecule has 2 heterocycles. The quantitative estimate of drug-likeness (QED) is 0.834. The molecule has 0 aromatic carbocycles. The summed E-state index contributed by atoms with van der Waals surface area (Å²) < 4.78 is 0. The number of aromatic nitrogens is 4. The fourth-order valence-corrected chi connectivity index (χ4v) is 2.42. The lowest BCUT2D eigenvalue weighted by molar-refractivity contribution is -0.156. The Morgan fingerprint density at radius 3 is 2.52 bits per heavy atom. The van der Waals surface area contributed by atoms with E-state index >= 15 is 0 Å². The highest BCUT2D eigenvalue weighted by molar-refractivity contribution is 5.99. The third-order valence-electron chi connectivity index (χ3n) is 3.66. The fraction of sp³-hybridized carbons (Fsp3) is 0.769. The van der Waals surface area contributed by atoms with Crippen molar-refractivity contribution in [3.05, 3.63) is 5.82 Å². The number of carbonyl (C=O) groups is 2. The first-order chi connectivity index (χ1) is 9.71. The molecule has 8 heteroatoms. The highest BCUT2D eigenvalue weighted by Crippen LogP contribution is 2.24. The van der Waals surface area contributed by atoms with Crippen molar-refractivity contribution in [1.82, 2.24) is 30.4 Å². The second-order valence-corrected chi connectivity index (χ2v) is 6.33. The Balaban J connectivity index is 2.24. The highest BCUT2D eigenvalue weighted by atomic mass is 16.2. The predicted molar refractivity (Wildman–Crippen MR) is 74.8 cm³/mol. The molecule has 0 aliphatic carbocycles. The second-order valence-electron chi connectivity index (χ2n) is 6.33. The Bertz CT molecular complexity index is 551. The van der Waals surface area contributed by atoms with Crippen LogP contribution >= 0.6 is 0 Å². The molecule has 0 spiro atoms. The number of hydrogen-bond donors (Lipinski definition) is 1. The zero-order valence-electron chi connectivity index (χ0n) is 13.1. The summed E-state index contributed by atoms with van der Waals surface area (Å²) in [5, 5.41) is 14.6. The highest BCUT2D eigenvalue weighted by Gasteiger charge is 2.46. The average molecular weight is 294 g/mol. The first kappa shape index (κ1) is 15.4. The van der Waals surface area contributed by atoms with Gasteiger partial charge in [0.2, 0.25) is 11.8 Å². The summed E-state index contributed by atoms with van der Waals surface area (Å²) in [4.78, 5) is 27.8. The molecule has 1 aliphatic rings. The zero-order chi connectivity index (χ0) is 15.8. The molecule has 1 fully saturated rings. The Hall–Kier alpha value is -1.99. The second kappa shape index (κ2) is 5.42. The number of tetrazole rings is 1. The van der Waals surface area contributed by atoms with Gasteiger partial charge in [-0.3, -0.25) is 9.59 Å². The molecule has 1 aliphatic heterocycles. The van der Waals surface area contributed by atoms with Gasteiger partial charge in [-0.2, -0.15) is 4.80 Å². The van der Waals surface area contributed by atoms with Crippen LogP contribution in [-0.4, -0.2) is 48.5 Å². The van der Waals surface area contributed by atoms with Crippen molar-refractivity contribution in [2.45, 2.75) is 52.2 Å². The van der Waals surface area contributed by atoms with E-state index in [-0.39, 0.29) is 18.4 Å². The summed E-state index contributed by atoms with van der Waals surface area (Å²) in [5.41, 5.74) is -0.927. The first-order valence-electron chi connectivity index (χ1n) is 7.07. The zero-order valence-corrected chi connectivity index (χ0v) is 13.1. The van der Waals surface area contributed by atoms with E-state index in [2.05, 4.69) is 20.7 Å². The molecule has 0 bridgehead atoms. The SMILES string of the molecule is CC(C)CC1NC(=O)C(C)(C)N(Cc2nnn(C)n2)C1=O. The molecule has 1 unspecified atom stereocenters. The minimum absolute atomic E-state index is 0.0965. The number of rotatable bonds is 4. The molecule has 1 aromatic rings. The Labute approximate surface area is 123 Å². The minimum atomic E-state index is -0.927. The van der Waals surface area contributed by atoms with Crippen LogP contribution in [0.25, 0.3) is 0 Å². The normalized spacial score (nSPS) is 21.8. The maximum atomic E-state index is 12.7. The van der Waals surface area contributed by atoms with E-state index in [9.17, 15) is 9.59 Å². The summed E-state index contributed by atoms with van der Waals surface area (Å²) >= 11 is 0. The molecule has 8 nitrogen and oxygen atoms in total. The fourth-order valence-electron chi connectivity index (χ4n) is 2.42. The molecule has 1 aromatic heterocycles. The summed E-state index contributed by atoms with van der Waals surface area (Å²) in [6.07, 6.45) is 0.616. The van der Waals surface area contributed by atoms with Crippen molar-refractivity contribution in [3.63, 3.8) is 0 Å². The standard InChI is InChI=1S/C13H22N6O2/c1-8(2)6-9-11(20)19(13(3,4)12(21)14-9)7-10-15-17-18(5)16-10/h8-9H,6-7H2,1-5H3,(H,14,21).